The minimum atomic E-state index is 0. The first-order chi connectivity index (χ1) is 3.83. The SMILES string of the molecule is C=C[CH2][Al].C=C[CH2][Al].Cl.Cl.Cl. The minimum absolute atomic E-state index is 0. The third-order valence-electron chi connectivity index (χ3n) is 0.333. The molecular weight excluding hydrogens is 232 g/mol. The Kier molecular flexibility index (Phi) is 113. The van der Waals surface area contributed by atoms with Crippen LogP contribution in [0.4, 0.5) is 0 Å². The lowest BCUT2D eigenvalue weighted by Crippen LogP contribution is -1.47. The zero-order chi connectivity index (χ0) is 6.83. The molecule has 0 aromatic rings. The third-order valence-corrected chi connectivity index (χ3v) is 1.00. The topological polar surface area (TPSA) is 0 Å². The lowest BCUT2D eigenvalue weighted by Gasteiger charge is -1.58. The van der Waals surface area contributed by atoms with Crippen LogP contribution in [0, 0.1) is 0 Å². The molecule has 0 aliphatic heterocycles. The molecule has 64 valence electrons. The summed E-state index contributed by atoms with van der Waals surface area (Å²) in [6, 6.07) is 0. The van der Waals surface area contributed by atoms with Crippen LogP contribution in [-0.2, 0) is 0 Å². The molecule has 0 atom stereocenters. The molecule has 0 aromatic heterocycles. The van der Waals surface area contributed by atoms with Gasteiger partial charge >= 0.3 is 0 Å². The highest BCUT2D eigenvalue weighted by Crippen LogP contribution is 1.62. The van der Waals surface area contributed by atoms with Gasteiger partial charge in [0.05, 0.1) is 0 Å². The van der Waals surface area contributed by atoms with Gasteiger partial charge in [-0.05, 0) is 0 Å². The van der Waals surface area contributed by atoms with Crippen molar-refractivity contribution in [3.05, 3.63) is 25.3 Å². The van der Waals surface area contributed by atoms with Crippen LogP contribution in [0.1, 0.15) is 0 Å². The molecule has 0 nitrogen and oxygen atoms in total. The zero-order valence-corrected chi connectivity index (χ0v) is 11.1. The fraction of sp³-hybridized carbons (Fsp3) is 0.333. The van der Waals surface area contributed by atoms with Gasteiger partial charge in [-0.25, -0.2) is 0 Å². The Morgan fingerprint density at radius 2 is 0.909 bits per heavy atom. The van der Waals surface area contributed by atoms with Crippen molar-refractivity contribution >= 4 is 69.8 Å². The molecule has 0 saturated heterocycles. The van der Waals surface area contributed by atoms with Crippen LogP contribution in [0.3, 0.4) is 0 Å². The fourth-order valence-corrected chi connectivity index (χ4v) is 0. The second kappa shape index (κ2) is 42.2. The van der Waals surface area contributed by atoms with Gasteiger partial charge in [0.1, 0.15) is 32.6 Å². The van der Waals surface area contributed by atoms with Gasteiger partial charge in [0, 0.05) is 0 Å². The maximum atomic E-state index is 3.46. The summed E-state index contributed by atoms with van der Waals surface area (Å²) >= 11 is 5.07. The normalized spacial score (nSPS) is 4.36. The number of hydrogen-bond donors (Lipinski definition) is 0. The van der Waals surface area contributed by atoms with Crippen LogP contribution in [0.15, 0.2) is 25.3 Å². The van der Waals surface area contributed by atoms with Gasteiger partial charge in [-0.1, -0.05) is 0 Å². The molecule has 0 fully saturated rings. The van der Waals surface area contributed by atoms with Gasteiger partial charge in [0.2, 0.25) is 0 Å². The molecule has 0 spiro atoms. The molecule has 0 saturated carbocycles. The van der Waals surface area contributed by atoms with E-state index in [2.05, 4.69) is 45.7 Å². The monoisotopic (exact) mass is 244 g/mol. The van der Waals surface area contributed by atoms with E-state index in [4.69, 9.17) is 0 Å². The summed E-state index contributed by atoms with van der Waals surface area (Å²) < 4.78 is 0. The second-order valence-corrected chi connectivity index (χ2v) is 1.99. The van der Waals surface area contributed by atoms with Crippen molar-refractivity contribution in [2.45, 2.75) is 10.6 Å². The Morgan fingerprint density at radius 3 is 0.909 bits per heavy atom. The van der Waals surface area contributed by atoms with Crippen molar-refractivity contribution in [2.75, 3.05) is 0 Å². The summed E-state index contributed by atoms with van der Waals surface area (Å²) in [5.41, 5.74) is 0. The molecule has 0 heterocycles. The molecule has 0 unspecified atom stereocenters. The average Bonchev–Trinajstić information content (AvgIpc) is 1.88. The van der Waals surface area contributed by atoms with Crippen molar-refractivity contribution in [3.8, 4) is 0 Å². The molecular formula is C6H13Al2Cl3. The van der Waals surface area contributed by atoms with Crippen LogP contribution in [0.5, 0.6) is 0 Å². The van der Waals surface area contributed by atoms with E-state index >= 15 is 0 Å². The molecule has 0 amide bonds. The molecule has 0 rings (SSSR count). The number of hydrogen-bond acceptors (Lipinski definition) is 0. The number of rotatable bonds is 2. The molecule has 0 N–H and O–H groups in total. The maximum Gasteiger partial charge on any atom is 0.124 e. The summed E-state index contributed by atoms with van der Waals surface area (Å²) in [7, 11) is 0. The summed E-state index contributed by atoms with van der Waals surface area (Å²) in [4.78, 5) is 0. The molecule has 11 heavy (non-hydrogen) atoms. The zero-order valence-electron chi connectivity index (χ0n) is 6.36. The van der Waals surface area contributed by atoms with E-state index in [0.717, 1.165) is 10.6 Å². The predicted octanol–water partition coefficient (Wildman–Crippen LogP) is 2.78. The van der Waals surface area contributed by atoms with Crippen molar-refractivity contribution in [2.24, 2.45) is 0 Å². The Balaban J connectivity index is -0.0000000171. The third kappa shape index (κ3) is 86.8. The largest absolute Gasteiger partial charge is 0.147 e. The Morgan fingerprint density at radius 1 is 0.818 bits per heavy atom. The van der Waals surface area contributed by atoms with E-state index in [1.165, 1.54) is 0 Å². The van der Waals surface area contributed by atoms with E-state index in [9.17, 15) is 0 Å². The van der Waals surface area contributed by atoms with Crippen LogP contribution >= 0.6 is 37.2 Å². The lowest BCUT2D eigenvalue weighted by molar-refractivity contribution is 1.76. The highest BCUT2D eigenvalue weighted by atomic mass is 35.5. The second-order valence-electron chi connectivity index (χ2n) is 1.05. The van der Waals surface area contributed by atoms with Gasteiger partial charge in [0.25, 0.3) is 0 Å². The van der Waals surface area contributed by atoms with Gasteiger partial charge in [-0.3, -0.25) is 0 Å². The van der Waals surface area contributed by atoms with Crippen LogP contribution in [-0.4, -0.2) is 32.6 Å². The molecule has 5 heteroatoms. The quantitative estimate of drug-likeness (QED) is 0.518. The van der Waals surface area contributed by atoms with Gasteiger partial charge < -0.3 is 0 Å². The van der Waals surface area contributed by atoms with E-state index in [1.54, 1.807) is 0 Å². The first-order valence-electron chi connectivity index (χ1n) is 2.45. The van der Waals surface area contributed by atoms with Crippen LogP contribution in [0.25, 0.3) is 0 Å². The highest BCUT2D eigenvalue weighted by molar-refractivity contribution is 6.09. The van der Waals surface area contributed by atoms with Gasteiger partial charge in [0.15, 0.2) is 0 Å². The summed E-state index contributed by atoms with van der Waals surface area (Å²) in [5, 5.41) is 2.00. The Labute approximate surface area is 105 Å². The van der Waals surface area contributed by atoms with Gasteiger partial charge in [-0.2, -0.15) is 0 Å². The molecule has 4 radical (unpaired) electrons. The molecule has 0 bridgehead atoms. The Bertz CT molecular complexity index is 51.8. The van der Waals surface area contributed by atoms with Crippen molar-refractivity contribution in [1.29, 1.82) is 0 Å². The minimum Gasteiger partial charge on any atom is -0.147 e. The van der Waals surface area contributed by atoms with E-state index in [1.807, 2.05) is 12.2 Å². The lowest BCUT2D eigenvalue weighted by atomic mass is 10.8. The molecule has 0 aliphatic carbocycles. The Hall–Kier alpha value is 1.41. The van der Waals surface area contributed by atoms with Crippen LogP contribution < -0.4 is 0 Å². The van der Waals surface area contributed by atoms with Crippen molar-refractivity contribution in [1.82, 2.24) is 0 Å². The smallest absolute Gasteiger partial charge is 0.124 e. The fourth-order valence-electron chi connectivity index (χ4n) is 0. The maximum absolute atomic E-state index is 3.46. The van der Waals surface area contributed by atoms with E-state index in [0.29, 0.717) is 0 Å². The molecule has 0 aromatic carbocycles. The average molecular weight is 245 g/mol. The summed E-state index contributed by atoms with van der Waals surface area (Å²) in [6.07, 6.45) is 3.68. The van der Waals surface area contributed by atoms with Crippen LogP contribution in [0.2, 0.25) is 10.6 Å². The number of halogens is 3. The first-order valence-corrected chi connectivity index (χ1v) is 4.08. The van der Waals surface area contributed by atoms with E-state index < -0.39 is 0 Å². The summed E-state index contributed by atoms with van der Waals surface area (Å²) in [5.74, 6) is 0. The molecule has 0 aliphatic rings. The standard InChI is InChI=1S/2C3H5.2Al.3ClH/c2*1-3-2;;;;;/h2*3H,1-2H2;;;3*1H. The first kappa shape index (κ1) is 29.4. The predicted molar refractivity (Wildman–Crippen MR) is 63.3 cm³/mol. The summed E-state index contributed by atoms with van der Waals surface area (Å²) in [6.45, 7) is 6.92. The van der Waals surface area contributed by atoms with Crippen molar-refractivity contribution < 1.29 is 0 Å². The van der Waals surface area contributed by atoms with E-state index in [-0.39, 0.29) is 37.2 Å². The highest BCUT2D eigenvalue weighted by Gasteiger charge is 1.46. The van der Waals surface area contributed by atoms with Crippen molar-refractivity contribution in [3.63, 3.8) is 0 Å². The van der Waals surface area contributed by atoms with Gasteiger partial charge in [-0.15, -0.1) is 73.1 Å². The number of allylic oxidation sites excluding steroid dienone is 2.